The van der Waals surface area contributed by atoms with Crippen molar-refractivity contribution in [2.24, 2.45) is 5.73 Å². The molecule has 4 N–H and O–H groups in total. The van der Waals surface area contributed by atoms with Gasteiger partial charge >= 0.3 is 6.03 Å². The molecule has 6 heteroatoms. The van der Waals surface area contributed by atoms with Gasteiger partial charge in [-0.15, -0.1) is 0 Å². The first kappa shape index (κ1) is 15.9. The largest absolute Gasteiger partial charge is 0.493 e. The van der Waals surface area contributed by atoms with E-state index in [1.54, 1.807) is 24.3 Å². The van der Waals surface area contributed by atoms with Crippen LogP contribution < -0.4 is 21.1 Å². The predicted octanol–water partition coefficient (Wildman–Crippen LogP) is 2.36. The Morgan fingerprint density at radius 1 is 1.12 bits per heavy atom. The van der Waals surface area contributed by atoms with E-state index in [1.807, 2.05) is 24.3 Å². The number of nitrogens with one attached hydrogen (secondary N) is 2. The predicted molar refractivity (Wildman–Crippen MR) is 90.8 cm³/mol. The summed E-state index contributed by atoms with van der Waals surface area (Å²) in [6, 6.07) is 14.3. The zero-order valence-corrected chi connectivity index (χ0v) is 13.1. The van der Waals surface area contributed by atoms with E-state index < -0.39 is 5.91 Å². The highest BCUT2D eigenvalue weighted by atomic mass is 16.5. The molecule has 0 unspecified atom stereocenters. The smallest absolute Gasteiger partial charge is 0.319 e. The molecule has 24 heavy (non-hydrogen) atoms. The lowest BCUT2D eigenvalue weighted by molar-refractivity contribution is -0.117. The maximum absolute atomic E-state index is 12.3. The number of hydrogen-bond donors (Lipinski definition) is 3. The summed E-state index contributed by atoms with van der Waals surface area (Å²) in [5, 5.41) is 5.75. The molecule has 0 aliphatic carbocycles. The fourth-order valence-corrected chi connectivity index (χ4v) is 2.79. The van der Waals surface area contributed by atoms with E-state index in [9.17, 15) is 9.59 Å². The van der Waals surface area contributed by atoms with Crippen LogP contribution in [0, 0.1) is 0 Å². The lowest BCUT2D eigenvalue weighted by atomic mass is 10.0. The molecule has 0 fully saturated rings. The molecule has 6 nitrogen and oxygen atoms in total. The Bertz CT molecular complexity index is 761. The number of carbonyl (C=O) groups excluding carboxylic acids is 2. The zero-order chi connectivity index (χ0) is 16.9. The Morgan fingerprint density at radius 3 is 2.71 bits per heavy atom. The van der Waals surface area contributed by atoms with Crippen molar-refractivity contribution >= 4 is 17.6 Å². The average Bonchev–Trinajstić information content (AvgIpc) is 2.56. The van der Waals surface area contributed by atoms with Crippen LogP contribution in [0.1, 0.15) is 23.6 Å². The van der Waals surface area contributed by atoms with Crippen LogP contribution in [0.5, 0.6) is 5.75 Å². The number of carbonyl (C=O) groups is 2. The Morgan fingerprint density at radius 2 is 1.88 bits per heavy atom. The van der Waals surface area contributed by atoms with Gasteiger partial charge in [0.25, 0.3) is 0 Å². The number of primary amides is 1. The first-order valence-electron chi connectivity index (χ1n) is 7.79. The molecule has 0 saturated heterocycles. The van der Waals surface area contributed by atoms with Crippen molar-refractivity contribution in [2.75, 3.05) is 11.9 Å². The summed E-state index contributed by atoms with van der Waals surface area (Å²) in [5.74, 6) is 0.353. The number of benzene rings is 2. The normalized spacial score (nSPS) is 15.8. The average molecular weight is 325 g/mol. The number of urea groups is 1. The molecule has 3 amide bonds. The number of hydrogen-bond acceptors (Lipinski definition) is 3. The highest BCUT2D eigenvalue weighted by molar-refractivity contribution is 5.91. The molecule has 3 rings (SSSR count). The molecule has 1 aliphatic heterocycles. The van der Waals surface area contributed by atoms with E-state index in [-0.39, 0.29) is 18.5 Å². The number of amides is 3. The third-order valence-electron chi connectivity index (χ3n) is 3.89. The summed E-state index contributed by atoms with van der Waals surface area (Å²) >= 11 is 0. The van der Waals surface area contributed by atoms with Crippen LogP contribution in [-0.4, -0.2) is 18.5 Å². The van der Waals surface area contributed by atoms with Gasteiger partial charge in [-0.25, -0.2) is 4.79 Å². The fraction of sp³-hybridized carbons (Fsp3) is 0.222. The molecule has 0 saturated carbocycles. The Labute approximate surface area is 140 Å². The third kappa shape index (κ3) is 3.65. The zero-order valence-electron chi connectivity index (χ0n) is 13.1. The monoisotopic (exact) mass is 325 g/mol. The molecule has 2 aromatic rings. The molecule has 124 valence electrons. The minimum Gasteiger partial charge on any atom is -0.493 e. The summed E-state index contributed by atoms with van der Waals surface area (Å²) in [4.78, 5) is 23.5. The second kappa shape index (κ2) is 7.04. The van der Waals surface area contributed by atoms with Crippen LogP contribution in [0.4, 0.5) is 10.5 Å². The minimum absolute atomic E-state index is 0.0799. The summed E-state index contributed by atoms with van der Waals surface area (Å²) in [6.45, 7) is 0.556. The maximum atomic E-state index is 12.3. The van der Waals surface area contributed by atoms with E-state index in [2.05, 4.69) is 10.6 Å². The summed E-state index contributed by atoms with van der Waals surface area (Å²) in [6.07, 6.45) is 0.782. The lowest BCUT2D eigenvalue weighted by Gasteiger charge is -2.26. The molecule has 0 radical (unpaired) electrons. The summed E-state index contributed by atoms with van der Waals surface area (Å²) in [5.41, 5.74) is 7.47. The Hall–Kier alpha value is -3.02. The fourth-order valence-electron chi connectivity index (χ4n) is 2.79. The molecule has 1 heterocycles. The number of rotatable bonds is 4. The van der Waals surface area contributed by atoms with E-state index in [1.165, 1.54) is 0 Å². The molecule has 1 aliphatic rings. The van der Waals surface area contributed by atoms with Gasteiger partial charge in [-0.3, -0.25) is 4.79 Å². The van der Waals surface area contributed by atoms with Crippen molar-refractivity contribution in [3.63, 3.8) is 0 Å². The van der Waals surface area contributed by atoms with E-state index in [0.717, 1.165) is 11.3 Å². The van der Waals surface area contributed by atoms with Gasteiger partial charge < -0.3 is 21.1 Å². The van der Waals surface area contributed by atoms with Crippen molar-refractivity contribution in [1.82, 2.24) is 5.32 Å². The molecular formula is C18H19N3O3. The second-order valence-electron chi connectivity index (χ2n) is 5.63. The topological polar surface area (TPSA) is 93.5 Å². The molecule has 0 bridgehead atoms. The van der Waals surface area contributed by atoms with Crippen LogP contribution in [0.15, 0.2) is 48.5 Å². The third-order valence-corrected chi connectivity index (χ3v) is 3.89. The molecule has 0 aromatic heterocycles. The molecule has 1 atom stereocenters. The van der Waals surface area contributed by atoms with Crippen molar-refractivity contribution < 1.29 is 14.3 Å². The summed E-state index contributed by atoms with van der Waals surface area (Å²) < 4.78 is 5.59. The van der Waals surface area contributed by atoms with Gasteiger partial charge in [0.2, 0.25) is 5.91 Å². The van der Waals surface area contributed by atoms with Gasteiger partial charge in [-0.1, -0.05) is 36.4 Å². The van der Waals surface area contributed by atoms with Gasteiger partial charge in [0.15, 0.2) is 0 Å². The van der Waals surface area contributed by atoms with Gasteiger partial charge in [-0.2, -0.15) is 0 Å². The number of ether oxygens (including phenoxy) is 1. The maximum Gasteiger partial charge on any atom is 0.319 e. The van der Waals surface area contributed by atoms with E-state index >= 15 is 0 Å². The quantitative estimate of drug-likeness (QED) is 0.805. The molecule has 2 aromatic carbocycles. The van der Waals surface area contributed by atoms with Crippen molar-refractivity contribution in [1.29, 1.82) is 0 Å². The van der Waals surface area contributed by atoms with Crippen LogP contribution in [0.25, 0.3) is 0 Å². The number of fused-ring (bicyclic) bond motifs is 1. The van der Waals surface area contributed by atoms with E-state index in [0.29, 0.717) is 24.3 Å². The molecular weight excluding hydrogens is 306 g/mol. The first-order chi connectivity index (χ1) is 11.6. The summed E-state index contributed by atoms with van der Waals surface area (Å²) in [7, 11) is 0. The van der Waals surface area contributed by atoms with Gasteiger partial charge in [-0.05, 0) is 17.7 Å². The van der Waals surface area contributed by atoms with Crippen molar-refractivity contribution in [3.8, 4) is 5.75 Å². The second-order valence-corrected chi connectivity index (χ2v) is 5.63. The van der Waals surface area contributed by atoms with Crippen LogP contribution >= 0.6 is 0 Å². The Balaban J connectivity index is 1.70. The number of anilines is 1. The van der Waals surface area contributed by atoms with E-state index in [4.69, 9.17) is 10.5 Å². The van der Waals surface area contributed by atoms with Gasteiger partial charge in [0, 0.05) is 17.7 Å². The standard InChI is InChI=1S/C18H19N3O3/c19-17(22)11-12-5-1-3-7-14(12)20-18(23)21-15-9-10-24-16-8-4-2-6-13(15)16/h1-8,15H,9-11H2,(H2,19,22)(H2,20,21,23)/t15-/m0/s1. The van der Waals surface area contributed by atoms with Crippen LogP contribution in [0.2, 0.25) is 0 Å². The lowest BCUT2D eigenvalue weighted by Crippen LogP contribution is -2.35. The minimum atomic E-state index is -0.442. The van der Waals surface area contributed by atoms with Crippen molar-refractivity contribution in [3.05, 3.63) is 59.7 Å². The Kier molecular flexibility index (Phi) is 4.65. The van der Waals surface area contributed by atoms with Crippen molar-refractivity contribution in [2.45, 2.75) is 18.9 Å². The highest BCUT2D eigenvalue weighted by Gasteiger charge is 2.22. The SMILES string of the molecule is NC(=O)Cc1ccccc1NC(=O)N[C@H]1CCOc2ccccc21. The number of para-hydroxylation sites is 2. The first-order valence-corrected chi connectivity index (χ1v) is 7.79. The van der Waals surface area contributed by atoms with Gasteiger partial charge in [0.1, 0.15) is 5.75 Å². The van der Waals surface area contributed by atoms with Crippen LogP contribution in [-0.2, 0) is 11.2 Å². The number of nitrogens with two attached hydrogens (primary N) is 1. The highest BCUT2D eigenvalue weighted by Crippen LogP contribution is 2.31. The van der Waals surface area contributed by atoms with Gasteiger partial charge in [0.05, 0.1) is 19.1 Å². The van der Waals surface area contributed by atoms with Crippen LogP contribution in [0.3, 0.4) is 0 Å². The molecule has 0 spiro atoms.